The van der Waals surface area contributed by atoms with Crippen LogP contribution in [0.4, 0.5) is 0 Å². The van der Waals surface area contributed by atoms with Crippen LogP contribution in [0.25, 0.3) is 0 Å². The first kappa shape index (κ1) is 29.9. The number of hydrogen-bond acceptors (Lipinski definition) is 3. The molecule has 0 bridgehead atoms. The summed E-state index contributed by atoms with van der Waals surface area (Å²) in [6.07, 6.45) is 29.9. The Labute approximate surface area is 202 Å². The fourth-order valence-corrected chi connectivity index (χ4v) is 5.39. The zero-order chi connectivity index (χ0) is 23.1. The van der Waals surface area contributed by atoms with E-state index in [1.165, 1.54) is 148 Å². The molecule has 1 aliphatic rings. The first-order valence-electron chi connectivity index (χ1n) is 14.9. The summed E-state index contributed by atoms with van der Waals surface area (Å²) >= 11 is 0. The highest BCUT2D eigenvalue weighted by Gasteiger charge is 2.30. The molecule has 0 radical (unpaired) electrons. The van der Waals surface area contributed by atoms with Crippen molar-refractivity contribution in [2.45, 2.75) is 155 Å². The Morgan fingerprint density at radius 2 is 0.875 bits per heavy atom. The molecule has 0 aromatic rings. The van der Waals surface area contributed by atoms with E-state index >= 15 is 0 Å². The van der Waals surface area contributed by atoms with Gasteiger partial charge in [-0.3, -0.25) is 9.80 Å². The van der Waals surface area contributed by atoms with Crippen molar-refractivity contribution < 1.29 is 5.11 Å². The van der Waals surface area contributed by atoms with Crippen molar-refractivity contribution in [2.24, 2.45) is 0 Å². The fraction of sp³-hybridized carbons (Fsp3) is 1.00. The van der Waals surface area contributed by atoms with E-state index in [1.54, 1.807) is 0 Å². The lowest BCUT2D eigenvalue weighted by Gasteiger charge is -2.30. The molecule has 0 aromatic heterocycles. The average Bonchev–Trinajstić information content (AvgIpc) is 3.19. The summed E-state index contributed by atoms with van der Waals surface area (Å²) in [7, 11) is 0. The molecule has 1 atom stereocenters. The van der Waals surface area contributed by atoms with Crippen LogP contribution in [0.1, 0.15) is 149 Å². The highest BCUT2D eigenvalue weighted by molar-refractivity contribution is 4.82. The van der Waals surface area contributed by atoms with Gasteiger partial charge in [-0.15, -0.1) is 0 Å². The van der Waals surface area contributed by atoms with Crippen molar-refractivity contribution in [2.75, 3.05) is 32.8 Å². The maximum absolute atomic E-state index is 9.29. The number of rotatable bonds is 24. The van der Waals surface area contributed by atoms with Crippen molar-refractivity contribution >= 4 is 0 Å². The Morgan fingerprint density at radius 1 is 0.500 bits per heavy atom. The molecule has 32 heavy (non-hydrogen) atoms. The summed E-state index contributed by atoms with van der Waals surface area (Å²) in [5.41, 5.74) is 0. The van der Waals surface area contributed by atoms with Gasteiger partial charge in [0.2, 0.25) is 0 Å². The highest BCUT2D eigenvalue weighted by atomic mass is 16.3. The minimum atomic E-state index is 0.333. The number of unbranched alkanes of at least 4 members (excludes halogenated alkanes) is 17. The molecule has 0 aromatic carbocycles. The smallest absolute Gasteiger partial charge is 0.0623 e. The average molecular weight is 453 g/mol. The summed E-state index contributed by atoms with van der Waals surface area (Å²) < 4.78 is 0. The van der Waals surface area contributed by atoms with Gasteiger partial charge in [0.1, 0.15) is 0 Å². The van der Waals surface area contributed by atoms with Crippen LogP contribution in [-0.4, -0.2) is 53.9 Å². The second-order valence-electron chi connectivity index (χ2n) is 10.4. The Hall–Kier alpha value is -0.120. The minimum Gasteiger partial charge on any atom is -0.396 e. The van der Waals surface area contributed by atoms with Crippen molar-refractivity contribution in [3.05, 3.63) is 0 Å². The maximum Gasteiger partial charge on any atom is 0.0623 e. The molecule has 1 rings (SSSR count). The standard InChI is InChI=1S/C29H60N2O/c1-3-5-7-9-11-13-15-17-19-21-24-30-26-27-31(25-22-28-32)29(30)23-20-18-16-14-12-10-8-6-4-2/h29,32H,3-28H2,1-2H3. The second kappa shape index (κ2) is 22.7. The number of aliphatic hydroxyl groups excluding tert-OH is 1. The predicted molar refractivity (Wildman–Crippen MR) is 142 cm³/mol. The van der Waals surface area contributed by atoms with E-state index in [1.807, 2.05) is 0 Å². The molecule has 3 nitrogen and oxygen atoms in total. The molecule has 0 aliphatic carbocycles. The van der Waals surface area contributed by atoms with Crippen LogP contribution in [0.2, 0.25) is 0 Å². The summed E-state index contributed by atoms with van der Waals surface area (Å²) in [4.78, 5) is 5.43. The Bertz CT molecular complexity index is 376. The largest absolute Gasteiger partial charge is 0.396 e. The van der Waals surface area contributed by atoms with E-state index in [4.69, 9.17) is 0 Å². The lowest BCUT2D eigenvalue weighted by atomic mass is 10.1. The summed E-state index contributed by atoms with van der Waals surface area (Å²) in [6, 6.07) is 0. The molecule has 1 fully saturated rings. The number of aliphatic hydroxyl groups is 1. The van der Waals surface area contributed by atoms with Crippen LogP contribution in [0.3, 0.4) is 0 Å². The predicted octanol–water partition coefficient (Wildman–Crippen LogP) is 8.15. The van der Waals surface area contributed by atoms with Crippen molar-refractivity contribution in [3.8, 4) is 0 Å². The highest BCUT2D eigenvalue weighted by Crippen LogP contribution is 2.22. The molecule has 1 aliphatic heterocycles. The van der Waals surface area contributed by atoms with Gasteiger partial charge in [-0.25, -0.2) is 0 Å². The van der Waals surface area contributed by atoms with Crippen molar-refractivity contribution in [1.29, 1.82) is 0 Å². The van der Waals surface area contributed by atoms with Gasteiger partial charge in [0.25, 0.3) is 0 Å². The lowest BCUT2D eigenvalue weighted by Crippen LogP contribution is -2.39. The molecular weight excluding hydrogens is 392 g/mol. The van der Waals surface area contributed by atoms with Gasteiger partial charge in [0.05, 0.1) is 6.17 Å². The molecule has 0 saturated carbocycles. The first-order valence-corrected chi connectivity index (χ1v) is 14.9. The van der Waals surface area contributed by atoms with Crippen LogP contribution in [-0.2, 0) is 0 Å². The van der Waals surface area contributed by atoms with Crippen LogP contribution in [0.15, 0.2) is 0 Å². The van der Waals surface area contributed by atoms with Gasteiger partial charge < -0.3 is 5.11 Å². The Kier molecular flexibility index (Phi) is 21.2. The minimum absolute atomic E-state index is 0.333. The van der Waals surface area contributed by atoms with Crippen molar-refractivity contribution in [1.82, 2.24) is 9.80 Å². The van der Waals surface area contributed by atoms with E-state index in [9.17, 15) is 5.11 Å². The first-order chi connectivity index (χ1) is 15.8. The SMILES string of the molecule is CCCCCCCCCCCCN1CCN(CCCO)C1CCCCCCCCCCC. The number of hydrogen-bond donors (Lipinski definition) is 1. The van der Waals surface area contributed by atoms with Crippen LogP contribution in [0.5, 0.6) is 0 Å². The van der Waals surface area contributed by atoms with E-state index in [2.05, 4.69) is 23.6 Å². The van der Waals surface area contributed by atoms with Gasteiger partial charge in [0.15, 0.2) is 0 Å². The molecular formula is C29H60N2O. The monoisotopic (exact) mass is 452 g/mol. The van der Waals surface area contributed by atoms with Crippen LogP contribution >= 0.6 is 0 Å². The molecule has 0 amide bonds. The van der Waals surface area contributed by atoms with Crippen molar-refractivity contribution in [3.63, 3.8) is 0 Å². The molecule has 192 valence electrons. The van der Waals surface area contributed by atoms with Gasteiger partial charge in [-0.05, 0) is 25.8 Å². The van der Waals surface area contributed by atoms with Crippen LogP contribution in [0, 0.1) is 0 Å². The number of nitrogens with zero attached hydrogens (tertiary/aromatic N) is 2. The van der Waals surface area contributed by atoms with Gasteiger partial charge >= 0.3 is 0 Å². The zero-order valence-electron chi connectivity index (χ0n) is 22.3. The van der Waals surface area contributed by atoms with E-state index < -0.39 is 0 Å². The summed E-state index contributed by atoms with van der Waals surface area (Å²) in [5, 5.41) is 9.29. The zero-order valence-corrected chi connectivity index (χ0v) is 22.3. The molecule has 0 spiro atoms. The topological polar surface area (TPSA) is 26.7 Å². The second-order valence-corrected chi connectivity index (χ2v) is 10.4. The third-order valence-corrected chi connectivity index (χ3v) is 7.49. The molecule has 1 unspecified atom stereocenters. The van der Waals surface area contributed by atoms with Gasteiger partial charge in [-0.2, -0.15) is 0 Å². The quantitative estimate of drug-likeness (QED) is 0.150. The summed E-state index contributed by atoms with van der Waals surface area (Å²) in [6.45, 7) is 9.74. The maximum atomic E-state index is 9.29. The summed E-state index contributed by atoms with van der Waals surface area (Å²) in [5.74, 6) is 0. The molecule has 1 saturated heterocycles. The molecule has 1 heterocycles. The van der Waals surface area contributed by atoms with Gasteiger partial charge in [-0.1, -0.05) is 129 Å². The molecule has 3 heteroatoms. The Balaban J connectivity index is 2.14. The third kappa shape index (κ3) is 15.7. The van der Waals surface area contributed by atoms with E-state index in [0.29, 0.717) is 12.8 Å². The third-order valence-electron chi connectivity index (χ3n) is 7.49. The molecule has 1 N–H and O–H groups in total. The normalized spacial score (nSPS) is 17.5. The van der Waals surface area contributed by atoms with Crippen LogP contribution < -0.4 is 0 Å². The fourth-order valence-electron chi connectivity index (χ4n) is 5.39. The lowest BCUT2D eigenvalue weighted by molar-refractivity contribution is 0.115. The van der Waals surface area contributed by atoms with E-state index in [0.717, 1.165) is 13.0 Å². The Morgan fingerprint density at radius 3 is 1.31 bits per heavy atom. The van der Waals surface area contributed by atoms with Gasteiger partial charge in [0, 0.05) is 26.2 Å². The van der Waals surface area contributed by atoms with E-state index in [-0.39, 0.29) is 0 Å².